The van der Waals surface area contributed by atoms with E-state index >= 15 is 0 Å². The number of carbonyl (C=O) groups excluding carboxylic acids is 1. The summed E-state index contributed by atoms with van der Waals surface area (Å²) in [7, 11) is 0. The van der Waals surface area contributed by atoms with Gasteiger partial charge < -0.3 is 0 Å². The number of pyridine rings is 1. The summed E-state index contributed by atoms with van der Waals surface area (Å²) in [6.07, 6.45) is 2.68. The fraction of sp³-hybridized carbons (Fsp3) is 0.333. The van der Waals surface area contributed by atoms with Gasteiger partial charge in [0.05, 0.1) is 0 Å². The van der Waals surface area contributed by atoms with Gasteiger partial charge in [-0.25, -0.2) is 4.98 Å². The molecular formula is C9H11N3O. The number of amides is 1. The predicted octanol–water partition coefficient (Wildman–Crippen LogP) is 0.495. The van der Waals surface area contributed by atoms with Gasteiger partial charge in [-0.1, -0.05) is 6.07 Å². The van der Waals surface area contributed by atoms with Crippen molar-refractivity contribution in [1.82, 2.24) is 10.4 Å². The van der Waals surface area contributed by atoms with Crippen molar-refractivity contribution in [2.75, 3.05) is 11.6 Å². The molecule has 13 heavy (non-hydrogen) atoms. The van der Waals surface area contributed by atoms with Gasteiger partial charge in [0.2, 0.25) is 5.91 Å². The van der Waals surface area contributed by atoms with E-state index in [9.17, 15) is 4.79 Å². The van der Waals surface area contributed by atoms with Gasteiger partial charge in [-0.2, -0.15) is 0 Å². The Hall–Kier alpha value is -1.58. The minimum atomic E-state index is -0.0569. The van der Waals surface area contributed by atoms with Crippen LogP contribution in [-0.2, 0) is 11.2 Å². The summed E-state index contributed by atoms with van der Waals surface area (Å²) in [6.45, 7) is 2.31. The minimum absolute atomic E-state index is 0.0569. The van der Waals surface area contributed by atoms with Crippen LogP contribution in [0.1, 0.15) is 12.5 Å². The number of fused-ring (bicyclic) bond motifs is 1. The Morgan fingerprint density at radius 1 is 1.69 bits per heavy atom. The van der Waals surface area contributed by atoms with Gasteiger partial charge in [-0.05, 0) is 18.1 Å². The van der Waals surface area contributed by atoms with Gasteiger partial charge in [-0.15, -0.1) is 0 Å². The summed E-state index contributed by atoms with van der Waals surface area (Å²) in [5.41, 5.74) is 3.92. The molecule has 0 saturated carbocycles. The second-order valence-corrected chi connectivity index (χ2v) is 3.06. The molecule has 0 aliphatic carbocycles. The molecule has 0 fully saturated rings. The van der Waals surface area contributed by atoms with Crippen molar-refractivity contribution < 1.29 is 4.79 Å². The smallest absolute Gasteiger partial charge is 0.235 e. The van der Waals surface area contributed by atoms with Crippen molar-refractivity contribution in [1.29, 1.82) is 0 Å². The maximum absolute atomic E-state index is 10.8. The summed E-state index contributed by atoms with van der Waals surface area (Å²) in [6, 6.07) is 3.94. The van der Waals surface area contributed by atoms with Gasteiger partial charge in [-0.3, -0.25) is 15.2 Å². The highest BCUT2D eigenvalue weighted by Gasteiger charge is 2.19. The van der Waals surface area contributed by atoms with E-state index in [-0.39, 0.29) is 5.91 Å². The van der Waals surface area contributed by atoms with Gasteiger partial charge >= 0.3 is 0 Å². The third-order valence-corrected chi connectivity index (χ3v) is 2.02. The quantitative estimate of drug-likeness (QED) is 0.679. The first-order valence-electron chi connectivity index (χ1n) is 4.26. The number of anilines is 1. The third kappa shape index (κ3) is 1.47. The van der Waals surface area contributed by atoms with E-state index in [1.807, 2.05) is 12.1 Å². The van der Waals surface area contributed by atoms with Gasteiger partial charge in [0.25, 0.3) is 0 Å². The van der Waals surface area contributed by atoms with Crippen LogP contribution in [0.5, 0.6) is 0 Å². The second-order valence-electron chi connectivity index (χ2n) is 3.06. The predicted molar refractivity (Wildman–Crippen MR) is 49.1 cm³/mol. The number of nitrogens with zero attached hydrogens (tertiary/aromatic N) is 2. The summed E-state index contributed by atoms with van der Waals surface area (Å²) < 4.78 is 0. The van der Waals surface area contributed by atoms with Gasteiger partial charge in [0, 0.05) is 19.7 Å². The lowest BCUT2D eigenvalue weighted by atomic mass is 10.2. The SMILES string of the molecule is CC(=O)NN1CCc2cccnc21. The average Bonchev–Trinajstić information content (AvgIpc) is 2.48. The molecule has 0 bridgehead atoms. The van der Waals surface area contributed by atoms with E-state index in [2.05, 4.69) is 10.4 Å². The molecule has 1 aliphatic rings. The van der Waals surface area contributed by atoms with E-state index in [0.29, 0.717) is 0 Å². The molecule has 0 unspecified atom stereocenters. The van der Waals surface area contributed by atoms with Crippen LogP contribution >= 0.6 is 0 Å². The lowest BCUT2D eigenvalue weighted by Crippen LogP contribution is -2.40. The lowest BCUT2D eigenvalue weighted by Gasteiger charge is -2.17. The second kappa shape index (κ2) is 3.05. The highest BCUT2D eigenvalue weighted by atomic mass is 16.2. The maximum atomic E-state index is 10.8. The van der Waals surface area contributed by atoms with E-state index in [4.69, 9.17) is 0 Å². The van der Waals surface area contributed by atoms with Gasteiger partial charge in [0.15, 0.2) is 0 Å². The van der Waals surface area contributed by atoms with E-state index in [1.54, 1.807) is 11.2 Å². The van der Waals surface area contributed by atoms with Crippen molar-refractivity contribution in [3.63, 3.8) is 0 Å². The molecule has 2 heterocycles. The summed E-state index contributed by atoms with van der Waals surface area (Å²) >= 11 is 0. The van der Waals surface area contributed by atoms with Crippen LogP contribution < -0.4 is 10.4 Å². The molecule has 0 aromatic carbocycles. The molecule has 4 nitrogen and oxygen atoms in total. The fourth-order valence-corrected chi connectivity index (χ4v) is 1.51. The number of hydrogen-bond donors (Lipinski definition) is 1. The Bertz CT molecular complexity index is 337. The molecule has 0 atom stereocenters. The largest absolute Gasteiger partial charge is 0.274 e. The Balaban J connectivity index is 2.23. The molecular weight excluding hydrogens is 166 g/mol. The monoisotopic (exact) mass is 177 g/mol. The Morgan fingerprint density at radius 3 is 3.31 bits per heavy atom. The van der Waals surface area contributed by atoms with E-state index in [0.717, 1.165) is 18.8 Å². The zero-order chi connectivity index (χ0) is 9.26. The van der Waals surface area contributed by atoms with Crippen molar-refractivity contribution in [3.8, 4) is 0 Å². The molecule has 0 radical (unpaired) electrons. The van der Waals surface area contributed by atoms with Crippen LogP contribution in [-0.4, -0.2) is 17.4 Å². The summed E-state index contributed by atoms with van der Waals surface area (Å²) in [5.74, 6) is 0.816. The fourth-order valence-electron chi connectivity index (χ4n) is 1.51. The molecule has 1 N–H and O–H groups in total. The molecule has 1 aromatic rings. The zero-order valence-electron chi connectivity index (χ0n) is 7.45. The average molecular weight is 177 g/mol. The molecule has 1 aromatic heterocycles. The third-order valence-electron chi connectivity index (χ3n) is 2.02. The Morgan fingerprint density at radius 2 is 2.54 bits per heavy atom. The van der Waals surface area contributed by atoms with E-state index < -0.39 is 0 Å². The first-order chi connectivity index (χ1) is 6.27. The molecule has 2 rings (SSSR count). The van der Waals surface area contributed by atoms with Crippen LogP contribution in [0, 0.1) is 0 Å². The zero-order valence-corrected chi connectivity index (χ0v) is 7.45. The first-order valence-corrected chi connectivity index (χ1v) is 4.26. The van der Waals surface area contributed by atoms with Crippen LogP contribution in [0.4, 0.5) is 5.82 Å². The molecule has 0 saturated heterocycles. The highest BCUT2D eigenvalue weighted by Crippen LogP contribution is 2.22. The van der Waals surface area contributed by atoms with Crippen molar-refractivity contribution >= 4 is 11.7 Å². The standard InChI is InChI=1S/C9H11N3O/c1-7(13)11-12-6-4-8-3-2-5-10-9(8)12/h2-3,5H,4,6H2,1H3,(H,11,13). The summed E-state index contributed by atoms with van der Waals surface area (Å²) in [5, 5.41) is 1.79. The van der Waals surface area contributed by atoms with Crippen molar-refractivity contribution in [2.24, 2.45) is 0 Å². The number of hydrazine groups is 1. The maximum Gasteiger partial charge on any atom is 0.235 e. The van der Waals surface area contributed by atoms with Crippen LogP contribution in [0.2, 0.25) is 0 Å². The molecule has 4 heteroatoms. The minimum Gasteiger partial charge on any atom is -0.274 e. The number of aromatic nitrogens is 1. The molecule has 0 spiro atoms. The summed E-state index contributed by atoms with van der Waals surface area (Å²) in [4.78, 5) is 15.0. The van der Waals surface area contributed by atoms with Crippen molar-refractivity contribution in [2.45, 2.75) is 13.3 Å². The Kier molecular flexibility index (Phi) is 1.88. The number of hydrogen-bond acceptors (Lipinski definition) is 3. The number of rotatable bonds is 1. The Labute approximate surface area is 76.5 Å². The molecule has 1 amide bonds. The highest BCUT2D eigenvalue weighted by molar-refractivity contribution is 5.75. The lowest BCUT2D eigenvalue weighted by molar-refractivity contribution is -0.119. The van der Waals surface area contributed by atoms with Crippen molar-refractivity contribution in [3.05, 3.63) is 23.9 Å². The molecule has 1 aliphatic heterocycles. The normalized spacial score (nSPS) is 14.1. The topological polar surface area (TPSA) is 45.2 Å². The molecule has 68 valence electrons. The number of nitrogens with one attached hydrogen (secondary N) is 1. The van der Waals surface area contributed by atoms with Crippen LogP contribution in [0.25, 0.3) is 0 Å². The van der Waals surface area contributed by atoms with Gasteiger partial charge in [0.1, 0.15) is 5.82 Å². The van der Waals surface area contributed by atoms with E-state index in [1.165, 1.54) is 12.5 Å². The number of carbonyl (C=O) groups is 1. The van der Waals surface area contributed by atoms with Crippen LogP contribution in [0.3, 0.4) is 0 Å². The first kappa shape index (κ1) is 8.04. The van der Waals surface area contributed by atoms with Crippen LogP contribution in [0.15, 0.2) is 18.3 Å².